The van der Waals surface area contributed by atoms with Gasteiger partial charge in [-0.15, -0.1) is 10.2 Å². The second-order valence-electron chi connectivity index (χ2n) is 5.32. The van der Waals surface area contributed by atoms with Crippen molar-refractivity contribution >= 4 is 43.1 Å². The minimum Gasteiger partial charge on any atom is -0.506 e. The Balaban J connectivity index is 1.79. The number of phenolic OH excluding ortho intramolecular Hbond substituents is 1. The molecule has 0 unspecified atom stereocenters. The molecule has 0 aliphatic rings. The Kier molecular flexibility index (Phi) is 3.28. The SMILES string of the molecule is Cc1ccc2sc(N=Nc3c(O)ccc4ccccc34)nc2c1. The van der Waals surface area contributed by atoms with Crippen molar-refractivity contribution in [3.63, 3.8) is 0 Å². The number of aromatic hydroxyl groups is 1. The van der Waals surface area contributed by atoms with E-state index in [1.807, 2.05) is 49.4 Å². The number of hydrogen-bond acceptors (Lipinski definition) is 5. The van der Waals surface area contributed by atoms with E-state index in [-0.39, 0.29) is 5.75 Å². The molecule has 5 heteroatoms. The van der Waals surface area contributed by atoms with Gasteiger partial charge in [0, 0.05) is 5.39 Å². The Morgan fingerprint density at radius 3 is 2.78 bits per heavy atom. The molecule has 3 aromatic carbocycles. The van der Waals surface area contributed by atoms with Gasteiger partial charge < -0.3 is 5.11 Å². The molecule has 4 aromatic rings. The lowest BCUT2D eigenvalue weighted by Gasteiger charge is -2.02. The van der Waals surface area contributed by atoms with E-state index in [0.29, 0.717) is 10.8 Å². The quantitative estimate of drug-likeness (QED) is 0.469. The number of phenols is 1. The summed E-state index contributed by atoms with van der Waals surface area (Å²) in [7, 11) is 0. The summed E-state index contributed by atoms with van der Waals surface area (Å²) in [5, 5.41) is 21.0. The third kappa shape index (κ3) is 2.55. The first kappa shape index (κ1) is 13.8. The van der Waals surface area contributed by atoms with Crippen molar-refractivity contribution in [2.24, 2.45) is 10.2 Å². The molecule has 0 spiro atoms. The van der Waals surface area contributed by atoms with Crippen LogP contribution >= 0.6 is 11.3 Å². The molecule has 0 saturated heterocycles. The van der Waals surface area contributed by atoms with Crippen LogP contribution in [0.3, 0.4) is 0 Å². The standard InChI is InChI=1S/C18H13N3OS/c1-11-6-9-16-14(10-11)19-18(23-16)21-20-17-13-5-3-2-4-12(13)7-8-15(17)22/h2-10,22H,1H3. The third-order valence-corrected chi connectivity index (χ3v) is 4.57. The molecule has 0 aliphatic carbocycles. The minimum atomic E-state index is 0.115. The fourth-order valence-electron chi connectivity index (χ4n) is 2.51. The summed E-state index contributed by atoms with van der Waals surface area (Å²) in [6.45, 7) is 2.04. The van der Waals surface area contributed by atoms with E-state index >= 15 is 0 Å². The molecule has 4 nitrogen and oxygen atoms in total. The molecule has 1 heterocycles. The highest BCUT2D eigenvalue weighted by molar-refractivity contribution is 7.21. The minimum absolute atomic E-state index is 0.115. The molecule has 23 heavy (non-hydrogen) atoms. The zero-order valence-corrected chi connectivity index (χ0v) is 13.2. The van der Waals surface area contributed by atoms with Gasteiger partial charge in [-0.2, -0.15) is 0 Å². The van der Waals surface area contributed by atoms with Gasteiger partial charge in [0.05, 0.1) is 10.2 Å². The van der Waals surface area contributed by atoms with E-state index in [1.165, 1.54) is 11.3 Å². The highest BCUT2D eigenvalue weighted by Crippen LogP contribution is 2.37. The highest BCUT2D eigenvalue weighted by atomic mass is 32.1. The van der Waals surface area contributed by atoms with E-state index in [1.54, 1.807) is 6.07 Å². The Morgan fingerprint density at radius 1 is 1.00 bits per heavy atom. The summed E-state index contributed by atoms with van der Waals surface area (Å²) in [5.74, 6) is 0.115. The Labute approximate surface area is 136 Å². The van der Waals surface area contributed by atoms with Gasteiger partial charge in [-0.1, -0.05) is 47.7 Å². The van der Waals surface area contributed by atoms with Crippen LogP contribution in [0, 0.1) is 6.92 Å². The fourth-order valence-corrected chi connectivity index (χ4v) is 3.28. The molecule has 4 rings (SSSR count). The van der Waals surface area contributed by atoms with Crippen LogP contribution in [0.2, 0.25) is 0 Å². The van der Waals surface area contributed by atoms with Crippen molar-refractivity contribution in [1.29, 1.82) is 0 Å². The molecular formula is C18H13N3OS. The number of aromatic nitrogens is 1. The molecule has 112 valence electrons. The van der Waals surface area contributed by atoms with Crippen LogP contribution in [0.25, 0.3) is 21.0 Å². The maximum atomic E-state index is 10.1. The van der Waals surface area contributed by atoms with Crippen molar-refractivity contribution in [2.45, 2.75) is 6.92 Å². The van der Waals surface area contributed by atoms with Gasteiger partial charge in [-0.05, 0) is 36.1 Å². The molecular weight excluding hydrogens is 306 g/mol. The van der Waals surface area contributed by atoms with Crippen LogP contribution in [0.1, 0.15) is 5.56 Å². The van der Waals surface area contributed by atoms with Gasteiger partial charge in [0.15, 0.2) is 0 Å². The first-order chi connectivity index (χ1) is 11.2. The van der Waals surface area contributed by atoms with Crippen molar-refractivity contribution in [2.75, 3.05) is 0 Å². The average Bonchev–Trinajstić information content (AvgIpc) is 2.96. The fraction of sp³-hybridized carbons (Fsp3) is 0.0556. The topological polar surface area (TPSA) is 57.8 Å². The van der Waals surface area contributed by atoms with Crippen LogP contribution in [-0.4, -0.2) is 10.1 Å². The largest absolute Gasteiger partial charge is 0.506 e. The van der Waals surface area contributed by atoms with Gasteiger partial charge in [0.2, 0.25) is 5.13 Å². The summed E-state index contributed by atoms with van der Waals surface area (Å²) in [6, 6.07) is 17.4. The van der Waals surface area contributed by atoms with Gasteiger partial charge in [0.1, 0.15) is 11.4 Å². The zero-order valence-electron chi connectivity index (χ0n) is 12.4. The van der Waals surface area contributed by atoms with E-state index in [9.17, 15) is 5.11 Å². The van der Waals surface area contributed by atoms with E-state index in [2.05, 4.69) is 21.3 Å². The van der Waals surface area contributed by atoms with Crippen LogP contribution < -0.4 is 0 Å². The molecule has 1 N–H and O–H groups in total. The Bertz CT molecular complexity index is 1050. The summed E-state index contributed by atoms with van der Waals surface area (Å²) >= 11 is 1.48. The predicted molar refractivity (Wildman–Crippen MR) is 94.1 cm³/mol. The molecule has 0 saturated carbocycles. The molecule has 0 radical (unpaired) electrons. The number of aryl methyl sites for hydroxylation is 1. The van der Waals surface area contributed by atoms with E-state index < -0.39 is 0 Å². The molecule has 0 fully saturated rings. The van der Waals surface area contributed by atoms with Crippen molar-refractivity contribution < 1.29 is 5.11 Å². The summed E-state index contributed by atoms with van der Waals surface area (Å²) in [5.41, 5.74) is 2.56. The number of benzene rings is 3. The Hall–Kier alpha value is -2.79. The third-order valence-electron chi connectivity index (χ3n) is 3.65. The number of azo groups is 1. The highest BCUT2D eigenvalue weighted by Gasteiger charge is 2.07. The van der Waals surface area contributed by atoms with Crippen LogP contribution in [-0.2, 0) is 0 Å². The first-order valence-electron chi connectivity index (χ1n) is 7.20. The summed E-state index contributed by atoms with van der Waals surface area (Å²) in [6.07, 6.45) is 0. The van der Waals surface area contributed by atoms with Gasteiger partial charge in [-0.25, -0.2) is 4.98 Å². The number of fused-ring (bicyclic) bond motifs is 2. The second kappa shape index (κ2) is 5.44. The lowest BCUT2D eigenvalue weighted by atomic mass is 10.1. The van der Waals surface area contributed by atoms with E-state index in [4.69, 9.17) is 0 Å². The lowest BCUT2D eigenvalue weighted by Crippen LogP contribution is -1.74. The monoisotopic (exact) mass is 319 g/mol. The Morgan fingerprint density at radius 2 is 1.87 bits per heavy atom. The smallest absolute Gasteiger partial charge is 0.231 e. The van der Waals surface area contributed by atoms with Gasteiger partial charge >= 0.3 is 0 Å². The number of rotatable bonds is 2. The van der Waals surface area contributed by atoms with E-state index in [0.717, 1.165) is 26.6 Å². The van der Waals surface area contributed by atoms with Crippen molar-refractivity contribution in [3.05, 3.63) is 60.2 Å². The molecule has 0 atom stereocenters. The predicted octanol–water partition coefficient (Wildman–Crippen LogP) is 5.88. The lowest BCUT2D eigenvalue weighted by molar-refractivity contribution is 0.477. The summed E-state index contributed by atoms with van der Waals surface area (Å²) < 4.78 is 1.08. The number of hydrogen-bond donors (Lipinski definition) is 1. The maximum absolute atomic E-state index is 10.1. The van der Waals surface area contributed by atoms with Crippen LogP contribution in [0.5, 0.6) is 5.75 Å². The average molecular weight is 319 g/mol. The van der Waals surface area contributed by atoms with Crippen molar-refractivity contribution in [3.8, 4) is 5.75 Å². The number of nitrogens with zero attached hydrogens (tertiary/aromatic N) is 3. The molecule has 0 amide bonds. The second-order valence-corrected chi connectivity index (χ2v) is 6.33. The molecule has 1 aromatic heterocycles. The maximum Gasteiger partial charge on any atom is 0.231 e. The normalized spacial score (nSPS) is 11.7. The van der Waals surface area contributed by atoms with Crippen LogP contribution in [0.15, 0.2) is 64.8 Å². The molecule has 0 bridgehead atoms. The van der Waals surface area contributed by atoms with Gasteiger partial charge in [0.25, 0.3) is 0 Å². The summed E-state index contributed by atoms with van der Waals surface area (Å²) in [4.78, 5) is 4.47. The molecule has 0 aliphatic heterocycles. The van der Waals surface area contributed by atoms with Crippen molar-refractivity contribution in [1.82, 2.24) is 4.98 Å². The zero-order chi connectivity index (χ0) is 15.8. The number of thiazole rings is 1. The first-order valence-corrected chi connectivity index (χ1v) is 8.02. The van der Waals surface area contributed by atoms with Gasteiger partial charge in [-0.3, -0.25) is 0 Å². The van der Waals surface area contributed by atoms with Crippen LogP contribution in [0.4, 0.5) is 10.8 Å².